The molecule has 0 amide bonds. The van der Waals surface area contributed by atoms with Crippen molar-refractivity contribution in [2.45, 2.75) is 124 Å². The lowest BCUT2D eigenvalue weighted by Gasteiger charge is -2.63. The highest BCUT2D eigenvalue weighted by Gasteiger charge is 2.63. The number of fused-ring (bicyclic) bond motifs is 5. The lowest BCUT2D eigenvalue weighted by atomic mass is 9.43. The van der Waals surface area contributed by atoms with Gasteiger partial charge in [0.2, 0.25) is 0 Å². The first-order chi connectivity index (χ1) is 13.2. The van der Waals surface area contributed by atoms with E-state index in [4.69, 9.17) is 0 Å². The van der Waals surface area contributed by atoms with Crippen LogP contribution in [0, 0.1) is 46.3 Å². The molecule has 0 aromatic carbocycles. The molecule has 0 aliphatic heterocycles. The summed E-state index contributed by atoms with van der Waals surface area (Å²) in [5.74, 6) is 5.33. The largest absolute Gasteiger partial charge is 0.389 e. The first-order valence-corrected chi connectivity index (χ1v) is 12.9. The van der Waals surface area contributed by atoms with E-state index in [0.717, 1.165) is 48.3 Å². The summed E-state index contributed by atoms with van der Waals surface area (Å²) in [5, 5.41) is 11.6. The summed E-state index contributed by atoms with van der Waals surface area (Å²) in [6.45, 7) is 12.5. The minimum Gasteiger partial charge on any atom is -0.389 e. The van der Waals surface area contributed by atoms with Gasteiger partial charge >= 0.3 is 0 Å². The minimum absolute atomic E-state index is 0.205. The molecule has 1 heteroatoms. The van der Waals surface area contributed by atoms with Crippen LogP contribution in [0.3, 0.4) is 0 Å². The highest BCUT2D eigenvalue weighted by Crippen LogP contribution is 2.69. The van der Waals surface area contributed by atoms with Crippen LogP contribution in [-0.4, -0.2) is 10.7 Å². The summed E-state index contributed by atoms with van der Waals surface area (Å²) >= 11 is 0. The highest BCUT2D eigenvalue weighted by molar-refractivity contribution is 5.13. The van der Waals surface area contributed by atoms with Gasteiger partial charge in [-0.15, -0.1) is 0 Å². The summed E-state index contributed by atoms with van der Waals surface area (Å²) in [4.78, 5) is 0. The molecule has 4 aliphatic rings. The zero-order valence-electron chi connectivity index (χ0n) is 19.6. The Hall–Kier alpha value is -0.0400. The fraction of sp³-hybridized carbons (Fsp3) is 1.00. The molecular formula is C27H48O. The van der Waals surface area contributed by atoms with Gasteiger partial charge in [-0.2, -0.15) is 0 Å². The molecule has 28 heavy (non-hydrogen) atoms. The molecule has 0 aromatic heterocycles. The summed E-state index contributed by atoms with van der Waals surface area (Å²) < 4.78 is 0. The van der Waals surface area contributed by atoms with E-state index in [0.29, 0.717) is 5.41 Å². The number of hydrogen-bond donors (Lipinski definition) is 1. The van der Waals surface area contributed by atoms with Crippen molar-refractivity contribution in [1.82, 2.24) is 0 Å². The number of rotatable bonds is 5. The SMILES string of the molecule is CC(C)CCC[C@@H](C)[C@@H]1CC[C@@H]2[C@@H]3CC[C@@]4(O)CCCC[C@]4(C)[C@H]3CC[C@@]21C. The molecule has 0 unspecified atom stereocenters. The second-order valence-corrected chi connectivity index (χ2v) is 12.6. The molecule has 4 fully saturated rings. The molecule has 0 bridgehead atoms. The van der Waals surface area contributed by atoms with Crippen LogP contribution in [0.15, 0.2) is 0 Å². The van der Waals surface area contributed by atoms with E-state index in [1.54, 1.807) is 0 Å². The van der Waals surface area contributed by atoms with Crippen LogP contribution < -0.4 is 0 Å². The van der Waals surface area contributed by atoms with Crippen molar-refractivity contribution in [2.75, 3.05) is 0 Å². The van der Waals surface area contributed by atoms with E-state index in [2.05, 4.69) is 34.6 Å². The van der Waals surface area contributed by atoms with Crippen LogP contribution in [-0.2, 0) is 0 Å². The lowest BCUT2D eigenvalue weighted by Crippen LogP contribution is -2.61. The first kappa shape index (κ1) is 21.2. The van der Waals surface area contributed by atoms with Gasteiger partial charge in [0.05, 0.1) is 5.60 Å². The monoisotopic (exact) mass is 388 g/mol. The van der Waals surface area contributed by atoms with Crippen molar-refractivity contribution in [3.63, 3.8) is 0 Å². The molecule has 0 radical (unpaired) electrons. The summed E-state index contributed by atoms with van der Waals surface area (Å²) in [5.41, 5.74) is 0.442. The average Bonchev–Trinajstić information content (AvgIpc) is 2.99. The molecule has 0 aromatic rings. The predicted molar refractivity (Wildman–Crippen MR) is 119 cm³/mol. The maximum Gasteiger partial charge on any atom is 0.0703 e. The topological polar surface area (TPSA) is 20.2 Å². The van der Waals surface area contributed by atoms with Gasteiger partial charge in [-0.3, -0.25) is 0 Å². The van der Waals surface area contributed by atoms with Gasteiger partial charge in [-0.25, -0.2) is 0 Å². The zero-order chi connectivity index (χ0) is 20.2. The molecule has 0 heterocycles. The normalized spacial score (nSPS) is 49.4. The van der Waals surface area contributed by atoms with E-state index in [1.807, 2.05) is 0 Å². The van der Waals surface area contributed by atoms with E-state index in [1.165, 1.54) is 70.6 Å². The Bertz CT molecular complexity index is 554. The molecule has 162 valence electrons. The zero-order valence-corrected chi connectivity index (χ0v) is 19.6. The molecule has 1 nitrogen and oxygen atoms in total. The third kappa shape index (κ3) is 3.21. The average molecular weight is 389 g/mol. The van der Waals surface area contributed by atoms with Crippen molar-refractivity contribution < 1.29 is 5.11 Å². The van der Waals surface area contributed by atoms with Crippen molar-refractivity contribution in [1.29, 1.82) is 0 Å². The van der Waals surface area contributed by atoms with Crippen molar-refractivity contribution >= 4 is 0 Å². The fourth-order valence-electron chi connectivity index (χ4n) is 9.28. The molecule has 8 atom stereocenters. The second-order valence-electron chi connectivity index (χ2n) is 12.6. The Morgan fingerprint density at radius 1 is 0.821 bits per heavy atom. The van der Waals surface area contributed by atoms with Crippen molar-refractivity contribution in [3.8, 4) is 0 Å². The molecular weight excluding hydrogens is 340 g/mol. The Kier molecular flexibility index (Phi) is 5.74. The van der Waals surface area contributed by atoms with Crippen LogP contribution in [0.25, 0.3) is 0 Å². The van der Waals surface area contributed by atoms with Gasteiger partial charge < -0.3 is 5.11 Å². The van der Waals surface area contributed by atoms with Gasteiger partial charge in [-0.05, 0) is 97.7 Å². The predicted octanol–water partition coefficient (Wildman–Crippen LogP) is 7.61. The maximum atomic E-state index is 11.6. The van der Waals surface area contributed by atoms with Gasteiger partial charge in [0.15, 0.2) is 0 Å². The molecule has 4 aliphatic carbocycles. The van der Waals surface area contributed by atoms with Crippen molar-refractivity contribution in [3.05, 3.63) is 0 Å². The molecule has 0 saturated heterocycles. The molecule has 4 saturated carbocycles. The second kappa shape index (κ2) is 7.58. The van der Waals surface area contributed by atoms with E-state index < -0.39 is 0 Å². The first-order valence-electron chi connectivity index (χ1n) is 12.9. The lowest BCUT2D eigenvalue weighted by molar-refractivity contribution is -0.205. The van der Waals surface area contributed by atoms with Crippen LogP contribution in [0.2, 0.25) is 0 Å². The smallest absolute Gasteiger partial charge is 0.0703 e. The third-order valence-corrected chi connectivity index (χ3v) is 10.9. The van der Waals surface area contributed by atoms with Gasteiger partial charge in [0.1, 0.15) is 0 Å². The van der Waals surface area contributed by atoms with E-state index in [-0.39, 0.29) is 11.0 Å². The summed E-state index contributed by atoms with van der Waals surface area (Å²) in [6, 6.07) is 0. The van der Waals surface area contributed by atoms with Gasteiger partial charge in [0, 0.05) is 0 Å². The van der Waals surface area contributed by atoms with E-state index >= 15 is 0 Å². The van der Waals surface area contributed by atoms with Crippen LogP contribution in [0.1, 0.15) is 118 Å². The standard InChI is InChI=1S/C27H48O/c1-19(2)9-8-10-20(3)22-11-12-23-21-13-18-27(28)16-7-6-15-26(27,5)24(21)14-17-25(22,23)4/h19-24,28H,6-18H2,1-5H3/t20-,21+,22+,23-,24+,25-,26-,27+/m1/s1. The third-order valence-electron chi connectivity index (χ3n) is 10.9. The Balaban J connectivity index is 1.49. The molecule has 0 spiro atoms. The van der Waals surface area contributed by atoms with Crippen LogP contribution in [0.4, 0.5) is 0 Å². The van der Waals surface area contributed by atoms with Crippen molar-refractivity contribution in [2.24, 2.45) is 46.3 Å². The quantitative estimate of drug-likeness (QED) is 0.513. The van der Waals surface area contributed by atoms with Gasteiger partial charge in [-0.1, -0.05) is 66.7 Å². The van der Waals surface area contributed by atoms with E-state index in [9.17, 15) is 5.11 Å². The minimum atomic E-state index is -0.345. The number of hydrogen-bond acceptors (Lipinski definition) is 1. The Morgan fingerprint density at radius 3 is 2.32 bits per heavy atom. The molecule has 4 rings (SSSR count). The summed E-state index contributed by atoms with van der Waals surface area (Å²) in [6.07, 6.45) is 17.4. The summed E-state index contributed by atoms with van der Waals surface area (Å²) in [7, 11) is 0. The maximum absolute atomic E-state index is 11.6. The fourth-order valence-corrected chi connectivity index (χ4v) is 9.28. The Morgan fingerprint density at radius 2 is 1.57 bits per heavy atom. The number of aliphatic hydroxyl groups is 1. The Labute approximate surface area is 175 Å². The van der Waals surface area contributed by atoms with Gasteiger partial charge in [0.25, 0.3) is 0 Å². The van der Waals surface area contributed by atoms with Crippen LogP contribution in [0.5, 0.6) is 0 Å². The highest BCUT2D eigenvalue weighted by atomic mass is 16.3. The van der Waals surface area contributed by atoms with Crippen LogP contribution >= 0.6 is 0 Å². The molecule has 1 N–H and O–H groups in total.